The highest BCUT2D eigenvalue weighted by atomic mass is 32.1. The number of nitrogens with one attached hydrogen (secondary N) is 1. The molecular formula is C20H19N3O2S. The van der Waals surface area contributed by atoms with Crippen LogP contribution in [0.5, 0.6) is 0 Å². The average Bonchev–Trinajstić information content (AvgIpc) is 3.34. The second-order valence-corrected chi connectivity index (χ2v) is 7.35. The Bertz CT molecular complexity index is 1030. The van der Waals surface area contributed by atoms with E-state index in [4.69, 9.17) is 4.42 Å². The minimum absolute atomic E-state index is 0.00872. The summed E-state index contributed by atoms with van der Waals surface area (Å²) in [4.78, 5) is 14.3. The molecule has 0 fully saturated rings. The molecule has 26 heavy (non-hydrogen) atoms. The Morgan fingerprint density at radius 2 is 2.08 bits per heavy atom. The third kappa shape index (κ3) is 3.15. The van der Waals surface area contributed by atoms with Gasteiger partial charge in [0, 0.05) is 17.8 Å². The van der Waals surface area contributed by atoms with Gasteiger partial charge < -0.3 is 9.73 Å². The van der Waals surface area contributed by atoms with Crippen molar-refractivity contribution < 1.29 is 9.21 Å². The lowest BCUT2D eigenvalue weighted by atomic mass is 10.2. The van der Waals surface area contributed by atoms with E-state index in [9.17, 15) is 4.79 Å². The van der Waals surface area contributed by atoms with Crippen LogP contribution in [0.2, 0.25) is 0 Å². The van der Waals surface area contributed by atoms with Crippen molar-refractivity contribution in [2.45, 2.75) is 26.3 Å². The van der Waals surface area contributed by atoms with Gasteiger partial charge in [-0.05, 0) is 44.2 Å². The fourth-order valence-electron chi connectivity index (χ4n) is 2.98. The Hall–Kier alpha value is -2.86. The van der Waals surface area contributed by atoms with Gasteiger partial charge in [-0.25, -0.2) is 4.68 Å². The van der Waals surface area contributed by atoms with Crippen molar-refractivity contribution in [2.24, 2.45) is 0 Å². The first-order valence-corrected chi connectivity index (χ1v) is 9.31. The van der Waals surface area contributed by atoms with Crippen LogP contribution in [-0.2, 0) is 6.42 Å². The van der Waals surface area contributed by atoms with E-state index in [0.717, 1.165) is 27.4 Å². The quantitative estimate of drug-likeness (QED) is 0.572. The molecule has 0 saturated carbocycles. The Morgan fingerprint density at radius 3 is 2.81 bits per heavy atom. The topological polar surface area (TPSA) is 60.1 Å². The second-order valence-electron chi connectivity index (χ2n) is 6.32. The van der Waals surface area contributed by atoms with Crippen LogP contribution in [0, 0.1) is 6.92 Å². The number of hydrogen-bond donors (Lipinski definition) is 1. The van der Waals surface area contributed by atoms with Gasteiger partial charge in [-0.1, -0.05) is 18.2 Å². The summed E-state index contributed by atoms with van der Waals surface area (Å²) in [5.74, 6) is 0.800. The lowest BCUT2D eigenvalue weighted by molar-refractivity contribution is 0.0943. The van der Waals surface area contributed by atoms with Gasteiger partial charge in [0.05, 0.1) is 22.5 Å². The van der Waals surface area contributed by atoms with Gasteiger partial charge in [0.1, 0.15) is 10.6 Å². The van der Waals surface area contributed by atoms with Crippen LogP contribution in [0.4, 0.5) is 0 Å². The summed E-state index contributed by atoms with van der Waals surface area (Å²) in [7, 11) is 0. The van der Waals surface area contributed by atoms with Gasteiger partial charge in [0.15, 0.2) is 0 Å². The van der Waals surface area contributed by atoms with Crippen molar-refractivity contribution in [1.29, 1.82) is 0 Å². The van der Waals surface area contributed by atoms with Crippen molar-refractivity contribution in [2.75, 3.05) is 0 Å². The number of benzene rings is 1. The van der Waals surface area contributed by atoms with Crippen molar-refractivity contribution >= 4 is 27.5 Å². The molecule has 4 rings (SSSR count). The third-order valence-corrected chi connectivity index (χ3v) is 5.34. The summed E-state index contributed by atoms with van der Waals surface area (Å²) < 4.78 is 7.25. The molecule has 0 saturated heterocycles. The largest absolute Gasteiger partial charge is 0.469 e. The van der Waals surface area contributed by atoms with Crippen LogP contribution in [0.25, 0.3) is 15.9 Å². The molecule has 1 amide bonds. The van der Waals surface area contributed by atoms with Gasteiger partial charge in [-0.2, -0.15) is 5.10 Å². The van der Waals surface area contributed by atoms with E-state index in [0.29, 0.717) is 11.3 Å². The van der Waals surface area contributed by atoms with Gasteiger partial charge in [-0.3, -0.25) is 4.79 Å². The molecule has 0 aliphatic heterocycles. The van der Waals surface area contributed by atoms with Crippen LogP contribution in [0.15, 0.2) is 59.2 Å². The van der Waals surface area contributed by atoms with Gasteiger partial charge in [0.25, 0.3) is 5.91 Å². The van der Waals surface area contributed by atoms with Gasteiger partial charge in [-0.15, -0.1) is 11.3 Å². The van der Waals surface area contributed by atoms with E-state index in [1.54, 1.807) is 6.26 Å². The fraction of sp³-hybridized carbons (Fsp3) is 0.200. The van der Waals surface area contributed by atoms with Crippen molar-refractivity contribution in [3.05, 3.63) is 71.1 Å². The molecule has 0 radical (unpaired) electrons. The minimum atomic E-state index is -0.0655. The zero-order valence-corrected chi connectivity index (χ0v) is 15.4. The molecule has 3 heterocycles. The van der Waals surface area contributed by atoms with E-state index in [2.05, 4.69) is 10.4 Å². The van der Waals surface area contributed by atoms with Crippen LogP contribution in [-0.4, -0.2) is 21.7 Å². The number of para-hydroxylation sites is 1. The lowest BCUT2D eigenvalue weighted by Crippen LogP contribution is -2.33. The van der Waals surface area contributed by atoms with Crippen LogP contribution in [0.1, 0.15) is 28.0 Å². The number of hydrogen-bond acceptors (Lipinski definition) is 4. The molecule has 1 aromatic carbocycles. The van der Waals surface area contributed by atoms with E-state index in [-0.39, 0.29) is 11.9 Å². The van der Waals surface area contributed by atoms with Gasteiger partial charge in [0.2, 0.25) is 0 Å². The molecule has 132 valence electrons. The molecular weight excluding hydrogens is 346 g/mol. The number of thiophene rings is 1. The highest BCUT2D eigenvalue weighted by Gasteiger charge is 2.18. The Morgan fingerprint density at radius 1 is 1.27 bits per heavy atom. The predicted octanol–water partition coefficient (Wildman–Crippen LogP) is 4.35. The number of fused-ring (bicyclic) bond motifs is 1. The zero-order chi connectivity index (χ0) is 18.1. The number of nitrogens with zero attached hydrogens (tertiary/aromatic N) is 2. The Labute approximate surface area is 155 Å². The number of carbonyl (C=O) groups is 1. The highest BCUT2D eigenvalue weighted by molar-refractivity contribution is 7.20. The number of carbonyl (C=O) groups excluding carboxylic acids is 1. The smallest absolute Gasteiger partial charge is 0.261 e. The molecule has 0 aliphatic carbocycles. The van der Waals surface area contributed by atoms with Crippen molar-refractivity contribution in [3.63, 3.8) is 0 Å². The van der Waals surface area contributed by atoms with Crippen LogP contribution >= 0.6 is 11.3 Å². The fourth-order valence-corrected chi connectivity index (χ4v) is 4.07. The number of rotatable bonds is 5. The predicted molar refractivity (Wildman–Crippen MR) is 103 cm³/mol. The third-order valence-electron chi connectivity index (χ3n) is 4.23. The Balaban J connectivity index is 1.58. The maximum Gasteiger partial charge on any atom is 0.261 e. The first kappa shape index (κ1) is 16.6. The summed E-state index contributed by atoms with van der Waals surface area (Å²) >= 11 is 1.46. The molecule has 0 unspecified atom stereocenters. The molecule has 3 aromatic heterocycles. The molecule has 4 aromatic rings. The first-order valence-electron chi connectivity index (χ1n) is 8.49. The Kier molecular flexibility index (Phi) is 4.34. The van der Waals surface area contributed by atoms with Crippen LogP contribution < -0.4 is 5.32 Å². The van der Waals surface area contributed by atoms with E-state index in [1.807, 2.05) is 67.1 Å². The number of amides is 1. The molecule has 0 spiro atoms. The lowest BCUT2D eigenvalue weighted by Gasteiger charge is -2.11. The SMILES string of the molecule is Cc1nn(-c2ccccc2)c2sc(C(=O)N[C@H](C)Cc3ccco3)cc12. The number of furan rings is 1. The molecule has 0 aliphatic rings. The molecule has 1 N–H and O–H groups in total. The normalized spacial score (nSPS) is 12.4. The summed E-state index contributed by atoms with van der Waals surface area (Å²) in [5.41, 5.74) is 1.91. The number of aryl methyl sites for hydroxylation is 1. The summed E-state index contributed by atoms with van der Waals surface area (Å²) in [6.07, 6.45) is 2.31. The van der Waals surface area contributed by atoms with E-state index >= 15 is 0 Å². The molecule has 0 bridgehead atoms. The standard InChI is InChI=1S/C20H19N3O2S/c1-13(11-16-9-6-10-25-16)21-19(24)18-12-17-14(2)22-23(20(17)26-18)15-7-4-3-5-8-15/h3-10,12-13H,11H2,1-2H3,(H,21,24)/t13-/m1/s1. The van der Waals surface area contributed by atoms with E-state index < -0.39 is 0 Å². The maximum atomic E-state index is 12.6. The van der Waals surface area contributed by atoms with Gasteiger partial charge >= 0.3 is 0 Å². The summed E-state index contributed by atoms with van der Waals surface area (Å²) in [6.45, 7) is 3.94. The van der Waals surface area contributed by atoms with Crippen molar-refractivity contribution in [3.8, 4) is 5.69 Å². The highest BCUT2D eigenvalue weighted by Crippen LogP contribution is 2.30. The maximum absolute atomic E-state index is 12.6. The molecule has 5 nitrogen and oxygen atoms in total. The first-order chi connectivity index (χ1) is 12.6. The molecule has 1 atom stereocenters. The monoisotopic (exact) mass is 365 g/mol. The zero-order valence-electron chi connectivity index (χ0n) is 14.6. The minimum Gasteiger partial charge on any atom is -0.469 e. The summed E-state index contributed by atoms with van der Waals surface area (Å²) in [5, 5.41) is 8.68. The second kappa shape index (κ2) is 6.80. The summed E-state index contributed by atoms with van der Waals surface area (Å²) in [6, 6.07) is 15.7. The molecule has 6 heteroatoms. The van der Waals surface area contributed by atoms with Crippen molar-refractivity contribution in [1.82, 2.24) is 15.1 Å². The van der Waals surface area contributed by atoms with Crippen LogP contribution in [0.3, 0.4) is 0 Å². The average molecular weight is 365 g/mol. The van der Waals surface area contributed by atoms with E-state index in [1.165, 1.54) is 11.3 Å². The number of aromatic nitrogens is 2.